The average Bonchev–Trinajstić information content (AvgIpc) is 3.43. The second-order valence-electron chi connectivity index (χ2n) is 7.65. The molecule has 1 aliphatic heterocycles. The van der Waals surface area contributed by atoms with E-state index in [-0.39, 0.29) is 11.4 Å². The highest BCUT2D eigenvalue weighted by atomic mass is 32.1. The number of rotatable bonds is 6. The van der Waals surface area contributed by atoms with Crippen molar-refractivity contribution >= 4 is 34.0 Å². The number of aromatic nitrogens is 3. The number of carbonyl (C=O) groups is 2. The summed E-state index contributed by atoms with van der Waals surface area (Å²) in [6.07, 6.45) is 0. The number of benzene rings is 1. The molecule has 1 fully saturated rings. The van der Waals surface area contributed by atoms with Crippen molar-refractivity contribution in [3.05, 3.63) is 68.0 Å². The Labute approximate surface area is 198 Å². The van der Waals surface area contributed by atoms with Crippen LogP contribution in [-0.2, 0) is 11.3 Å². The molecule has 0 saturated carbocycles. The number of hydrogen-bond donors (Lipinski definition) is 2. The van der Waals surface area contributed by atoms with Crippen molar-refractivity contribution in [3.8, 4) is 0 Å². The van der Waals surface area contributed by atoms with Gasteiger partial charge in [0.15, 0.2) is 5.13 Å². The van der Waals surface area contributed by atoms with E-state index in [1.165, 1.54) is 11.3 Å². The van der Waals surface area contributed by atoms with Gasteiger partial charge in [-0.3, -0.25) is 35.2 Å². The molecule has 1 saturated heterocycles. The molecule has 0 unspecified atom stereocenters. The molecule has 0 atom stereocenters. The van der Waals surface area contributed by atoms with Gasteiger partial charge >= 0.3 is 5.69 Å². The predicted octanol–water partition coefficient (Wildman–Crippen LogP) is 1.82. The number of ether oxygens (including phenoxy) is 1. The van der Waals surface area contributed by atoms with Crippen LogP contribution >= 0.6 is 11.3 Å². The number of amides is 2. The lowest BCUT2D eigenvalue weighted by molar-refractivity contribution is -0.386. The number of aryl methyl sites for hydroxylation is 1. The number of thiazole rings is 1. The van der Waals surface area contributed by atoms with Crippen LogP contribution in [0.4, 0.5) is 10.8 Å². The van der Waals surface area contributed by atoms with Crippen LogP contribution in [0.5, 0.6) is 0 Å². The van der Waals surface area contributed by atoms with E-state index in [2.05, 4.69) is 25.8 Å². The fourth-order valence-corrected chi connectivity index (χ4v) is 4.42. The summed E-state index contributed by atoms with van der Waals surface area (Å²) in [6, 6.07) is 6.68. The van der Waals surface area contributed by atoms with Gasteiger partial charge in [-0.2, -0.15) is 5.10 Å². The Morgan fingerprint density at radius 3 is 2.47 bits per heavy atom. The SMILES string of the molecule is Cc1nn(Cc2ccc(C(=O)NNC(=O)c3csc(N4CCOCC4)n3)cc2)c(C)c1[N+](=O)[O-]. The monoisotopic (exact) mass is 485 g/mol. The summed E-state index contributed by atoms with van der Waals surface area (Å²) in [7, 11) is 0. The first-order chi connectivity index (χ1) is 16.3. The largest absolute Gasteiger partial charge is 0.378 e. The summed E-state index contributed by atoms with van der Waals surface area (Å²) in [6.45, 7) is 6.26. The topological polar surface area (TPSA) is 145 Å². The zero-order valence-corrected chi connectivity index (χ0v) is 19.4. The number of nitro groups is 1. The van der Waals surface area contributed by atoms with Crippen molar-refractivity contribution < 1.29 is 19.2 Å². The average molecular weight is 486 g/mol. The number of anilines is 1. The highest BCUT2D eigenvalue weighted by Crippen LogP contribution is 2.23. The summed E-state index contributed by atoms with van der Waals surface area (Å²) in [5.74, 6) is -0.989. The van der Waals surface area contributed by atoms with Crippen molar-refractivity contribution in [1.82, 2.24) is 25.6 Å². The molecule has 0 bridgehead atoms. The smallest absolute Gasteiger partial charge is 0.312 e. The van der Waals surface area contributed by atoms with Crippen LogP contribution in [0.25, 0.3) is 0 Å². The Hall–Kier alpha value is -3.84. The minimum absolute atomic E-state index is 0.00363. The van der Waals surface area contributed by atoms with Crippen molar-refractivity contribution in [2.75, 3.05) is 31.2 Å². The van der Waals surface area contributed by atoms with Gasteiger partial charge in [-0.1, -0.05) is 12.1 Å². The molecular weight excluding hydrogens is 462 g/mol. The first kappa shape index (κ1) is 23.3. The van der Waals surface area contributed by atoms with Crippen molar-refractivity contribution in [2.24, 2.45) is 0 Å². The summed E-state index contributed by atoms with van der Waals surface area (Å²) in [4.78, 5) is 41.9. The molecule has 34 heavy (non-hydrogen) atoms. The number of hydrogen-bond acceptors (Lipinski definition) is 9. The highest BCUT2D eigenvalue weighted by Gasteiger charge is 2.22. The molecule has 3 aromatic rings. The van der Waals surface area contributed by atoms with Gasteiger partial charge in [-0.15, -0.1) is 11.3 Å². The lowest BCUT2D eigenvalue weighted by Gasteiger charge is -2.25. The zero-order chi connectivity index (χ0) is 24.2. The van der Waals surface area contributed by atoms with E-state index in [0.717, 1.165) is 23.8 Å². The fraction of sp³-hybridized carbons (Fsp3) is 0.333. The molecule has 2 amide bonds. The lowest BCUT2D eigenvalue weighted by atomic mass is 10.1. The van der Waals surface area contributed by atoms with Gasteiger partial charge in [0, 0.05) is 24.0 Å². The van der Waals surface area contributed by atoms with E-state index in [0.29, 0.717) is 36.7 Å². The molecule has 12 nitrogen and oxygen atoms in total. The normalized spacial score (nSPS) is 13.5. The third kappa shape index (κ3) is 5.05. The highest BCUT2D eigenvalue weighted by molar-refractivity contribution is 7.13. The molecule has 0 radical (unpaired) electrons. The van der Waals surface area contributed by atoms with Crippen LogP contribution < -0.4 is 15.8 Å². The summed E-state index contributed by atoms with van der Waals surface area (Å²) in [5.41, 5.74) is 6.97. The first-order valence-corrected chi connectivity index (χ1v) is 11.4. The van der Waals surface area contributed by atoms with E-state index >= 15 is 0 Å². The van der Waals surface area contributed by atoms with Crippen LogP contribution in [0.3, 0.4) is 0 Å². The Morgan fingerprint density at radius 2 is 1.82 bits per heavy atom. The van der Waals surface area contributed by atoms with Crippen LogP contribution in [0.15, 0.2) is 29.6 Å². The molecule has 2 aromatic heterocycles. The molecule has 4 rings (SSSR count). The molecule has 0 spiro atoms. The van der Waals surface area contributed by atoms with Gasteiger partial charge in [0.1, 0.15) is 17.1 Å². The Balaban J connectivity index is 1.33. The maximum atomic E-state index is 12.4. The molecule has 2 N–H and O–H groups in total. The van der Waals surface area contributed by atoms with Crippen LogP contribution in [0.1, 0.15) is 37.8 Å². The summed E-state index contributed by atoms with van der Waals surface area (Å²) >= 11 is 1.36. The molecule has 1 aliphatic rings. The van der Waals surface area contributed by atoms with Gasteiger partial charge in [0.25, 0.3) is 11.8 Å². The summed E-state index contributed by atoms with van der Waals surface area (Å²) in [5, 5.41) is 17.8. The first-order valence-electron chi connectivity index (χ1n) is 10.5. The molecule has 178 valence electrons. The molecule has 13 heteroatoms. The number of carbonyl (C=O) groups excluding carboxylic acids is 2. The third-order valence-electron chi connectivity index (χ3n) is 5.37. The van der Waals surface area contributed by atoms with Crippen molar-refractivity contribution in [3.63, 3.8) is 0 Å². The second kappa shape index (κ2) is 9.97. The zero-order valence-electron chi connectivity index (χ0n) is 18.6. The number of nitrogens with one attached hydrogen (secondary N) is 2. The Kier molecular flexibility index (Phi) is 6.84. The minimum atomic E-state index is -0.508. The molecule has 0 aliphatic carbocycles. The maximum Gasteiger partial charge on any atom is 0.312 e. The van der Waals surface area contributed by atoms with E-state index in [9.17, 15) is 19.7 Å². The third-order valence-corrected chi connectivity index (χ3v) is 6.27. The van der Waals surface area contributed by atoms with Gasteiger partial charge in [-0.25, -0.2) is 4.98 Å². The lowest BCUT2D eigenvalue weighted by Crippen LogP contribution is -2.41. The Morgan fingerprint density at radius 1 is 1.15 bits per heavy atom. The number of hydrazine groups is 1. The summed E-state index contributed by atoms with van der Waals surface area (Å²) < 4.78 is 6.88. The predicted molar refractivity (Wildman–Crippen MR) is 124 cm³/mol. The van der Waals surface area contributed by atoms with Gasteiger partial charge in [-0.05, 0) is 31.5 Å². The molecular formula is C21H23N7O5S. The van der Waals surface area contributed by atoms with Crippen molar-refractivity contribution in [1.29, 1.82) is 0 Å². The van der Waals surface area contributed by atoms with Crippen LogP contribution in [0.2, 0.25) is 0 Å². The van der Waals surface area contributed by atoms with Gasteiger partial charge in [0.05, 0.1) is 24.7 Å². The van der Waals surface area contributed by atoms with E-state index in [4.69, 9.17) is 4.74 Å². The molecule has 3 heterocycles. The Bertz CT molecular complexity index is 1210. The van der Waals surface area contributed by atoms with Gasteiger partial charge in [0.2, 0.25) is 0 Å². The van der Waals surface area contributed by atoms with Crippen molar-refractivity contribution in [2.45, 2.75) is 20.4 Å². The second-order valence-corrected chi connectivity index (χ2v) is 8.49. The minimum Gasteiger partial charge on any atom is -0.378 e. The van der Waals surface area contributed by atoms with E-state index in [1.807, 2.05) is 0 Å². The van der Waals surface area contributed by atoms with Gasteiger partial charge < -0.3 is 9.64 Å². The van der Waals surface area contributed by atoms with Crippen LogP contribution in [0, 0.1) is 24.0 Å². The molecule has 1 aromatic carbocycles. The quantitative estimate of drug-likeness (QED) is 0.397. The van der Waals surface area contributed by atoms with E-state index < -0.39 is 16.7 Å². The maximum absolute atomic E-state index is 12.4. The number of nitrogens with zero attached hydrogens (tertiary/aromatic N) is 5. The number of morpholine rings is 1. The fourth-order valence-electron chi connectivity index (χ4n) is 3.56. The van der Waals surface area contributed by atoms with Crippen LogP contribution in [-0.4, -0.2) is 57.8 Å². The standard InChI is InChI=1S/C21H23N7O5S/c1-13-18(28(31)32)14(2)27(25-13)11-15-3-5-16(6-4-15)19(29)23-24-20(30)17-12-34-21(22-17)26-7-9-33-10-8-26/h3-6,12H,7-11H2,1-2H3,(H,23,29)(H,24,30). The van der Waals surface area contributed by atoms with E-state index in [1.54, 1.807) is 48.2 Å².